The van der Waals surface area contributed by atoms with Gasteiger partial charge in [0.1, 0.15) is 6.61 Å². The third-order valence-electron chi connectivity index (χ3n) is 4.07. The second-order valence-corrected chi connectivity index (χ2v) is 6.90. The van der Waals surface area contributed by atoms with Gasteiger partial charge >= 0.3 is 6.03 Å². The quantitative estimate of drug-likeness (QED) is 0.570. The lowest BCUT2D eigenvalue weighted by atomic mass is 10.1. The van der Waals surface area contributed by atoms with Crippen LogP contribution in [0, 0.1) is 0 Å². The fourth-order valence-corrected chi connectivity index (χ4v) is 3.27. The molecule has 0 aliphatic heterocycles. The number of hydrogen-bond donors (Lipinski definition) is 1. The molecule has 1 unspecified atom stereocenters. The topological polar surface area (TPSA) is 63.7 Å². The van der Waals surface area contributed by atoms with Crippen molar-refractivity contribution < 1.29 is 14.3 Å². The Kier molecular flexibility index (Phi) is 8.54. The monoisotopic (exact) mass is 435 g/mol. The lowest BCUT2D eigenvalue weighted by Gasteiger charge is -2.30. The standard InChI is InChI=1S/C20H26BrN3O3/c1-4-11-24(15(2)17-7-5-6-8-18(17)21)20(25)23-16-9-10-19(22-14-16)27-13-12-26-3/h5-10,14-15H,4,11-13H2,1-3H3,(H,23,25). The molecule has 1 aromatic carbocycles. The summed E-state index contributed by atoms with van der Waals surface area (Å²) >= 11 is 3.57. The minimum Gasteiger partial charge on any atom is -0.475 e. The number of aromatic nitrogens is 1. The third kappa shape index (κ3) is 6.22. The Morgan fingerprint density at radius 2 is 2.04 bits per heavy atom. The van der Waals surface area contributed by atoms with Gasteiger partial charge in [0.05, 0.1) is 24.5 Å². The van der Waals surface area contributed by atoms with Crippen molar-refractivity contribution in [3.63, 3.8) is 0 Å². The van der Waals surface area contributed by atoms with Crippen LogP contribution in [-0.2, 0) is 4.74 Å². The minimum absolute atomic E-state index is 0.0647. The van der Waals surface area contributed by atoms with Gasteiger partial charge in [0.2, 0.25) is 5.88 Å². The predicted molar refractivity (Wildman–Crippen MR) is 110 cm³/mol. The van der Waals surface area contributed by atoms with Gasteiger partial charge in [-0.1, -0.05) is 41.1 Å². The Hall–Kier alpha value is -2.12. The number of hydrogen-bond acceptors (Lipinski definition) is 4. The number of nitrogens with one attached hydrogen (secondary N) is 1. The molecule has 2 amide bonds. The number of urea groups is 1. The van der Waals surface area contributed by atoms with E-state index in [1.807, 2.05) is 36.1 Å². The highest BCUT2D eigenvalue weighted by molar-refractivity contribution is 9.10. The number of pyridine rings is 1. The zero-order valence-corrected chi connectivity index (χ0v) is 17.5. The molecule has 0 radical (unpaired) electrons. The molecule has 0 fully saturated rings. The van der Waals surface area contributed by atoms with Crippen LogP contribution in [0.1, 0.15) is 31.9 Å². The summed E-state index contributed by atoms with van der Waals surface area (Å²) in [6, 6.07) is 11.2. The number of amides is 2. The number of rotatable bonds is 9. The Morgan fingerprint density at radius 1 is 1.26 bits per heavy atom. The van der Waals surface area contributed by atoms with E-state index < -0.39 is 0 Å². The van der Waals surface area contributed by atoms with Gasteiger partial charge in [0.25, 0.3) is 0 Å². The maximum atomic E-state index is 12.8. The Balaban J connectivity index is 2.05. The molecule has 6 nitrogen and oxygen atoms in total. The number of carbonyl (C=O) groups is 1. The lowest BCUT2D eigenvalue weighted by molar-refractivity contribution is 0.144. The van der Waals surface area contributed by atoms with Crippen LogP contribution >= 0.6 is 15.9 Å². The number of nitrogens with zero attached hydrogens (tertiary/aromatic N) is 2. The number of methoxy groups -OCH3 is 1. The highest BCUT2D eigenvalue weighted by atomic mass is 79.9. The van der Waals surface area contributed by atoms with E-state index in [0.29, 0.717) is 31.3 Å². The normalized spacial score (nSPS) is 11.7. The second-order valence-electron chi connectivity index (χ2n) is 6.05. The molecule has 0 aliphatic rings. The largest absolute Gasteiger partial charge is 0.475 e. The molecule has 0 spiro atoms. The van der Waals surface area contributed by atoms with Gasteiger partial charge in [-0.3, -0.25) is 0 Å². The number of ether oxygens (including phenoxy) is 2. The molecule has 1 atom stereocenters. The van der Waals surface area contributed by atoms with E-state index in [1.165, 1.54) is 0 Å². The summed E-state index contributed by atoms with van der Waals surface area (Å²) in [5.74, 6) is 0.497. The molecule has 1 heterocycles. The van der Waals surface area contributed by atoms with Crippen molar-refractivity contribution in [2.24, 2.45) is 0 Å². The average Bonchev–Trinajstić information content (AvgIpc) is 2.67. The van der Waals surface area contributed by atoms with Crippen molar-refractivity contribution >= 4 is 27.6 Å². The maximum absolute atomic E-state index is 12.8. The zero-order valence-electron chi connectivity index (χ0n) is 15.9. The van der Waals surface area contributed by atoms with Crippen LogP contribution in [0.3, 0.4) is 0 Å². The fraction of sp³-hybridized carbons (Fsp3) is 0.400. The van der Waals surface area contributed by atoms with E-state index >= 15 is 0 Å². The Morgan fingerprint density at radius 3 is 2.67 bits per heavy atom. The molecular weight excluding hydrogens is 410 g/mol. The first-order chi connectivity index (χ1) is 13.1. The number of anilines is 1. The number of halogens is 1. The van der Waals surface area contributed by atoms with Crippen LogP contribution in [0.4, 0.5) is 10.5 Å². The predicted octanol–water partition coefficient (Wildman–Crippen LogP) is 4.87. The number of benzene rings is 1. The summed E-state index contributed by atoms with van der Waals surface area (Å²) in [7, 11) is 1.62. The molecule has 2 aromatic rings. The first kappa shape index (κ1) is 21.2. The van der Waals surface area contributed by atoms with Crippen LogP contribution in [-0.4, -0.2) is 42.8 Å². The molecule has 0 saturated carbocycles. The highest BCUT2D eigenvalue weighted by Gasteiger charge is 2.22. The van der Waals surface area contributed by atoms with Gasteiger partial charge in [-0.15, -0.1) is 0 Å². The number of carbonyl (C=O) groups excluding carboxylic acids is 1. The molecular formula is C20H26BrN3O3. The molecule has 27 heavy (non-hydrogen) atoms. The van der Waals surface area contributed by atoms with E-state index in [9.17, 15) is 4.79 Å². The smallest absolute Gasteiger partial charge is 0.322 e. The lowest BCUT2D eigenvalue weighted by Crippen LogP contribution is -2.37. The van der Waals surface area contributed by atoms with E-state index in [-0.39, 0.29) is 12.1 Å². The Bertz CT molecular complexity index is 725. The van der Waals surface area contributed by atoms with Crippen LogP contribution in [0.2, 0.25) is 0 Å². The fourth-order valence-electron chi connectivity index (χ4n) is 2.66. The van der Waals surface area contributed by atoms with Crippen molar-refractivity contribution in [1.29, 1.82) is 0 Å². The summed E-state index contributed by atoms with van der Waals surface area (Å²) in [6.45, 7) is 5.67. The van der Waals surface area contributed by atoms with Crippen LogP contribution < -0.4 is 10.1 Å². The summed E-state index contributed by atoms with van der Waals surface area (Å²) in [6.07, 6.45) is 2.46. The molecule has 1 N–H and O–H groups in total. The Labute approximate surface area is 169 Å². The van der Waals surface area contributed by atoms with Crippen molar-refractivity contribution in [1.82, 2.24) is 9.88 Å². The summed E-state index contributed by atoms with van der Waals surface area (Å²) in [5.41, 5.74) is 1.70. The van der Waals surface area contributed by atoms with Gasteiger partial charge in [-0.05, 0) is 31.0 Å². The summed E-state index contributed by atoms with van der Waals surface area (Å²) in [4.78, 5) is 18.9. The SMILES string of the molecule is CCCN(C(=O)Nc1ccc(OCCOC)nc1)C(C)c1ccccc1Br. The van der Waals surface area contributed by atoms with E-state index in [2.05, 4.69) is 33.2 Å². The first-order valence-corrected chi connectivity index (χ1v) is 9.76. The van der Waals surface area contributed by atoms with Crippen molar-refractivity contribution in [2.75, 3.05) is 32.2 Å². The van der Waals surface area contributed by atoms with Gasteiger partial charge in [0.15, 0.2) is 0 Å². The molecule has 2 rings (SSSR count). The summed E-state index contributed by atoms with van der Waals surface area (Å²) in [5, 5.41) is 2.92. The van der Waals surface area contributed by atoms with Gasteiger partial charge in [-0.2, -0.15) is 0 Å². The average molecular weight is 436 g/mol. The van der Waals surface area contributed by atoms with Crippen molar-refractivity contribution in [2.45, 2.75) is 26.3 Å². The molecule has 7 heteroatoms. The van der Waals surface area contributed by atoms with E-state index in [0.717, 1.165) is 16.5 Å². The first-order valence-electron chi connectivity index (χ1n) is 8.96. The second kappa shape index (κ2) is 10.9. The molecule has 1 aromatic heterocycles. The van der Waals surface area contributed by atoms with Gasteiger partial charge in [-0.25, -0.2) is 9.78 Å². The van der Waals surface area contributed by atoms with E-state index in [4.69, 9.17) is 9.47 Å². The van der Waals surface area contributed by atoms with Crippen LogP contribution in [0.5, 0.6) is 5.88 Å². The molecule has 0 saturated heterocycles. The molecule has 146 valence electrons. The minimum atomic E-state index is -0.157. The van der Waals surface area contributed by atoms with E-state index in [1.54, 1.807) is 25.4 Å². The van der Waals surface area contributed by atoms with Crippen molar-refractivity contribution in [3.8, 4) is 5.88 Å². The summed E-state index contributed by atoms with van der Waals surface area (Å²) < 4.78 is 11.4. The van der Waals surface area contributed by atoms with Gasteiger partial charge < -0.3 is 19.7 Å². The van der Waals surface area contributed by atoms with Gasteiger partial charge in [0, 0.05) is 24.2 Å². The zero-order chi connectivity index (χ0) is 19.6. The van der Waals surface area contributed by atoms with Crippen LogP contribution in [0.15, 0.2) is 47.1 Å². The molecule has 0 bridgehead atoms. The third-order valence-corrected chi connectivity index (χ3v) is 4.80. The molecule has 0 aliphatic carbocycles. The van der Waals surface area contributed by atoms with Crippen LogP contribution in [0.25, 0.3) is 0 Å². The highest BCUT2D eigenvalue weighted by Crippen LogP contribution is 2.28. The maximum Gasteiger partial charge on any atom is 0.322 e. The van der Waals surface area contributed by atoms with Crippen molar-refractivity contribution in [3.05, 3.63) is 52.6 Å².